The van der Waals surface area contributed by atoms with Crippen molar-refractivity contribution in [2.24, 2.45) is 0 Å². The van der Waals surface area contributed by atoms with Crippen molar-refractivity contribution < 1.29 is 18.0 Å². The zero-order valence-electron chi connectivity index (χ0n) is 20.1. The predicted octanol–water partition coefficient (Wildman–Crippen LogP) is 4.79. The Hall–Kier alpha value is -2.00. The minimum absolute atomic E-state index is 0.0241. The molecular formula is C24H30Cl3N3O4S. The molecule has 0 saturated heterocycles. The molecule has 35 heavy (non-hydrogen) atoms. The van der Waals surface area contributed by atoms with Gasteiger partial charge in [-0.15, -0.1) is 0 Å². The molecule has 0 aromatic heterocycles. The van der Waals surface area contributed by atoms with E-state index >= 15 is 0 Å². The number of carbonyl (C=O) groups is 2. The molecule has 0 unspecified atom stereocenters. The normalized spacial score (nSPS) is 13.1. The molecule has 0 aliphatic carbocycles. The standard InChI is InChI=1S/C24H30Cl3N3O4S/c1-5-16(2)28-24(32)17(3)29(12-11-18-9-7-6-8-10-18)23(31)15-30(35(4,33)34)22-14-20(26)19(25)13-21(22)27/h6-10,13-14,16-17H,5,11-12,15H2,1-4H3,(H,28,32)/t16-,17-/m0/s1. The summed E-state index contributed by atoms with van der Waals surface area (Å²) >= 11 is 18.3. The quantitative estimate of drug-likeness (QED) is 0.399. The fraction of sp³-hybridized carbons (Fsp3) is 0.417. The van der Waals surface area contributed by atoms with E-state index in [-0.39, 0.29) is 39.2 Å². The highest BCUT2D eigenvalue weighted by Crippen LogP contribution is 2.35. The van der Waals surface area contributed by atoms with E-state index < -0.39 is 28.5 Å². The van der Waals surface area contributed by atoms with Crippen LogP contribution in [0.3, 0.4) is 0 Å². The number of nitrogens with zero attached hydrogens (tertiary/aromatic N) is 2. The fourth-order valence-electron chi connectivity index (χ4n) is 3.33. The molecule has 0 bridgehead atoms. The van der Waals surface area contributed by atoms with Crippen LogP contribution in [0.25, 0.3) is 0 Å². The summed E-state index contributed by atoms with van der Waals surface area (Å²) in [5, 5.41) is 3.15. The first kappa shape index (κ1) is 29.2. The summed E-state index contributed by atoms with van der Waals surface area (Å²) in [6.45, 7) is 5.09. The predicted molar refractivity (Wildman–Crippen MR) is 143 cm³/mol. The molecule has 0 heterocycles. The van der Waals surface area contributed by atoms with Gasteiger partial charge in [0.05, 0.1) is 27.0 Å². The van der Waals surface area contributed by atoms with E-state index in [1.807, 2.05) is 44.2 Å². The maximum atomic E-state index is 13.5. The Bertz CT molecular complexity index is 1150. The van der Waals surface area contributed by atoms with E-state index in [9.17, 15) is 18.0 Å². The number of hydrogen-bond acceptors (Lipinski definition) is 4. The first-order valence-electron chi connectivity index (χ1n) is 11.1. The zero-order valence-corrected chi connectivity index (χ0v) is 23.2. The van der Waals surface area contributed by atoms with Gasteiger partial charge in [0.2, 0.25) is 21.8 Å². The second-order valence-electron chi connectivity index (χ2n) is 8.30. The molecule has 2 amide bonds. The number of amides is 2. The maximum absolute atomic E-state index is 13.5. The molecule has 2 aromatic carbocycles. The lowest BCUT2D eigenvalue weighted by Crippen LogP contribution is -2.53. The third-order valence-electron chi connectivity index (χ3n) is 5.59. The van der Waals surface area contributed by atoms with Crippen molar-refractivity contribution in [1.29, 1.82) is 0 Å². The van der Waals surface area contributed by atoms with Gasteiger partial charge >= 0.3 is 0 Å². The van der Waals surface area contributed by atoms with Crippen LogP contribution in [0.1, 0.15) is 32.8 Å². The van der Waals surface area contributed by atoms with Crippen LogP contribution in [-0.4, -0.2) is 56.6 Å². The lowest BCUT2D eigenvalue weighted by atomic mass is 10.1. The molecule has 0 aliphatic rings. The topological polar surface area (TPSA) is 86.8 Å². The van der Waals surface area contributed by atoms with Crippen molar-refractivity contribution in [2.45, 2.75) is 45.7 Å². The summed E-state index contributed by atoms with van der Waals surface area (Å²) in [5.41, 5.74) is 1.00. The Morgan fingerprint density at radius 2 is 1.60 bits per heavy atom. The van der Waals surface area contributed by atoms with Crippen molar-refractivity contribution in [3.05, 3.63) is 63.1 Å². The van der Waals surface area contributed by atoms with Crippen LogP contribution >= 0.6 is 34.8 Å². The summed E-state index contributed by atoms with van der Waals surface area (Å²) in [5.74, 6) is -0.875. The lowest BCUT2D eigenvalue weighted by Gasteiger charge is -2.32. The van der Waals surface area contributed by atoms with Gasteiger partial charge in [-0.05, 0) is 44.4 Å². The monoisotopic (exact) mass is 561 g/mol. The van der Waals surface area contributed by atoms with Gasteiger partial charge in [-0.2, -0.15) is 0 Å². The average Bonchev–Trinajstić information content (AvgIpc) is 2.79. The minimum atomic E-state index is -3.94. The molecule has 1 N–H and O–H groups in total. The number of carbonyl (C=O) groups excluding carboxylic acids is 2. The Kier molecular flexibility index (Phi) is 10.7. The average molecular weight is 563 g/mol. The van der Waals surface area contributed by atoms with Crippen molar-refractivity contribution in [1.82, 2.24) is 10.2 Å². The number of benzene rings is 2. The van der Waals surface area contributed by atoms with Gasteiger partial charge in [0, 0.05) is 12.6 Å². The van der Waals surface area contributed by atoms with E-state index in [0.717, 1.165) is 22.5 Å². The Morgan fingerprint density at radius 3 is 2.17 bits per heavy atom. The third-order valence-corrected chi connectivity index (χ3v) is 7.74. The molecule has 0 aliphatic heterocycles. The number of hydrogen-bond donors (Lipinski definition) is 1. The Labute approximate surface area is 222 Å². The number of rotatable bonds is 11. The van der Waals surface area contributed by atoms with Gasteiger partial charge in [-0.25, -0.2) is 8.42 Å². The number of anilines is 1. The van der Waals surface area contributed by atoms with E-state index in [1.54, 1.807) is 6.92 Å². The van der Waals surface area contributed by atoms with Gasteiger partial charge in [-0.3, -0.25) is 13.9 Å². The first-order valence-corrected chi connectivity index (χ1v) is 14.1. The maximum Gasteiger partial charge on any atom is 0.244 e. The highest BCUT2D eigenvalue weighted by molar-refractivity contribution is 7.92. The molecule has 0 fully saturated rings. The largest absolute Gasteiger partial charge is 0.352 e. The summed E-state index contributed by atoms with van der Waals surface area (Å²) in [6.07, 6.45) is 2.18. The van der Waals surface area contributed by atoms with Gasteiger partial charge in [0.25, 0.3) is 0 Å². The number of sulfonamides is 1. The van der Waals surface area contributed by atoms with Crippen molar-refractivity contribution in [3.8, 4) is 0 Å². The summed E-state index contributed by atoms with van der Waals surface area (Å²) in [6, 6.07) is 11.2. The molecule has 192 valence electrons. The van der Waals surface area contributed by atoms with Crippen molar-refractivity contribution in [3.63, 3.8) is 0 Å². The van der Waals surface area contributed by atoms with E-state index in [4.69, 9.17) is 34.8 Å². The molecule has 11 heteroatoms. The van der Waals surface area contributed by atoms with Crippen LogP contribution in [0.5, 0.6) is 0 Å². The highest BCUT2D eigenvalue weighted by Gasteiger charge is 2.31. The molecule has 2 rings (SSSR count). The Balaban J connectivity index is 2.38. The van der Waals surface area contributed by atoms with E-state index in [2.05, 4.69) is 5.32 Å². The van der Waals surface area contributed by atoms with E-state index in [1.165, 1.54) is 17.0 Å². The van der Waals surface area contributed by atoms with Crippen molar-refractivity contribution >= 4 is 62.3 Å². The van der Waals surface area contributed by atoms with E-state index in [0.29, 0.717) is 6.42 Å². The van der Waals surface area contributed by atoms with Crippen LogP contribution < -0.4 is 9.62 Å². The molecule has 0 radical (unpaired) electrons. The molecule has 0 saturated carbocycles. The van der Waals surface area contributed by atoms with Crippen molar-refractivity contribution in [2.75, 3.05) is 23.7 Å². The van der Waals surface area contributed by atoms with Crippen LogP contribution in [0.2, 0.25) is 15.1 Å². The zero-order chi connectivity index (χ0) is 26.3. The second-order valence-corrected chi connectivity index (χ2v) is 11.4. The van der Waals surface area contributed by atoms with Gasteiger partial charge in [0.1, 0.15) is 12.6 Å². The molecule has 2 atom stereocenters. The van der Waals surface area contributed by atoms with Gasteiger partial charge in [0.15, 0.2) is 0 Å². The molecular weight excluding hydrogens is 533 g/mol. The van der Waals surface area contributed by atoms with Crippen LogP contribution in [0.4, 0.5) is 5.69 Å². The summed E-state index contributed by atoms with van der Waals surface area (Å²) in [7, 11) is -3.94. The SMILES string of the molecule is CC[C@H](C)NC(=O)[C@H](C)N(CCc1ccccc1)C(=O)CN(c1cc(Cl)c(Cl)cc1Cl)S(C)(=O)=O. The molecule has 2 aromatic rings. The van der Waals surface area contributed by atoms with Crippen LogP contribution in [0, 0.1) is 0 Å². The summed E-state index contributed by atoms with van der Waals surface area (Å²) < 4.78 is 26.2. The minimum Gasteiger partial charge on any atom is -0.352 e. The first-order chi connectivity index (χ1) is 16.3. The fourth-order valence-corrected chi connectivity index (χ4v) is 4.88. The molecule has 7 nitrogen and oxygen atoms in total. The third kappa shape index (κ3) is 8.27. The second kappa shape index (κ2) is 12.8. The Morgan fingerprint density at radius 1 is 1.00 bits per heavy atom. The van der Waals surface area contributed by atoms with Gasteiger partial charge in [-0.1, -0.05) is 72.1 Å². The lowest BCUT2D eigenvalue weighted by molar-refractivity contribution is -0.139. The number of halogens is 3. The van der Waals surface area contributed by atoms with Gasteiger partial charge < -0.3 is 10.2 Å². The van der Waals surface area contributed by atoms with Crippen LogP contribution in [-0.2, 0) is 26.0 Å². The summed E-state index contributed by atoms with van der Waals surface area (Å²) in [4.78, 5) is 27.7. The number of nitrogens with one attached hydrogen (secondary N) is 1. The van der Waals surface area contributed by atoms with Crippen LogP contribution in [0.15, 0.2) is 42.5 Å². The highest BCUT2D eigenvalue weighted by atomic mass is 35.5. The smallest absolute Gasteiger partial charge is 0.244 e. The molecule has 0 spiro atoms.